The Hall–Kier alpha value is -0.780. The SMILES string of the molecule is C=CCCC=CCCC=CCCCC. The standard InChI is InChI=1S/C14H24/c1-3-5-7-9-11-13-14-12-10-8-6-4-2/h3,9-12H,1,4-8,13-14H2,2H3. The van der Waals surface area contributed by atoms with Crippen molar-refractivity contribution in [2.24, 2.45) is 0 Å². The number of hydrogen-bond donors (Lipinski definition) is 0. The van der Waals surface area contributed by atoms with Crippen LogP contribution in [0.15, 0.2) is 37.0 Å². The molecule has 0 aromatic heterocycles. The first-order chi connectivity index (χ1) is 6.91. The molecule has 0 aliphatic heterocycles. The molecule has 0 bridgehead atoms. The van der Waals surface area contributed by atoms with Crippen LogP contribution in [0.25, 0.3) is 0 Å². The van der Waals surface area contributed by atoms with Gasteiger partial charge >= 0.3 is 0 Å². The highest BCUT2D eigenvalue weighted by atomic mass is 13.9. The first-order valence-electron chi connectivity index (χ1n) is 5.82. The molecule has 0 aliphatic carbocycles. The summed E-state index contributed by atoms with van der Waals surface area (Å²) in [6, 6.07) is 0. The largest absolute Gasteiger partial charge is 0.103 e. The quantitative estimate of drug-likeness (QED) is 0.355. The fourth-order valence-corrected chi connectivity index (χ4v) is 1.20. The van der Waals surface area contributed by atoms with Gasteiger partial charge in [0.05, 0.1) is 0 Å². The van der Waals surface area contributed by atoms with Crippen LogP contribution >= 0.6 is 0 Å². The molecule has 0 heterocycles. The first-order valence-corrected chi connectivity index (χ1v) is 5.82. The molecule has 0 aromatic rings. The maximum Gasteiger partial charge on any atom is -0.0316 e. The van der Waals surface area contributed by atoms with Crippen LogP contribution in [0.2, 0.25) is 0 Å². The number of allylic oxidation sites excluding steroid dienone is 5. The van der Waals surface area contributed by atoms with Crippen molar-refractivity contribution in [3.63, 3.8) is 0 Å². The Morgan fingerprint density at radius 2 is 1.29 bits per heavy atom. The van der Waals surface area contributed by atoms with Gasteiger partial charge in [-0.25, -0.2) is 0 Å². The predicted octanol–water partition coefficient (Wildman–Crippen LogP) is 5.04. The van der Waals surface area contributed by atoms with Crippen molar-refractivity contribution in [2.45, 2.75) is 51.9 Å². The summed E-state index contributed by atoms with van der Waals surface area (Å²) in [4.78, 5) is 0. The molecule has 0 fully saturated rings. The summed E-state index contributed by atoms with van der Waals surface area (Å²) in [7, 11) is 0. The molecule has 0 heteroatoms. The van der Waals surface area contributed by atoms with Crippen LogP contribution < -0.4 is 0 Å². The van der Waals surface area contributed by atoms with Crippen LogP contribution in [0.4, 0.5) is 0 Å². The Labute approximate surface area is 89.4 Å². The summed E-state index contributed by atoms with van der Waals surface area (Å²) in [5.41, 5.74) is 0. The lowest BCUT2D eigenvalue weighted by Gasteiger charge is -1.89. The molecule has 0 N–H and O–H groups in total. The number of rotatable bonds is 9. The van der Waals surface area contributed by atoms with Gasteiger partial charge in [0.15, 0.2) is 0 Å². The van der Waals surface area contributed by atoms with Gasteiger partial charge in [-0.15, -0.1) is 6.58 Å². The van der Waals surface area contributed by atoms with E-state index in [1.165, 1.54) is 32.1 Å². The summed E-state index contributed by atoms with van der Waals surface area (Å²) >= 11 is 0. The van der Waals surface area contributed by atoms with Crippen molar-refractivity contribution in [3.8, 4) is 0 Å². The van der Waals surface area contributed by atoms with E-state index in [-0.39, 0.29) is 0 Å². The molecule has 14 heavy (non-hydrogen) atoms. The summed E-state index contributed by atoms with van der Waals surface area (Å²) in [5, 5.41) is 0. The van der Waals surface area contributed by atoms with Crippen molar-refractivity contribution in [1.82, 2.24) is 0 Å². The third-order valence-electron chi connectivity index (χ3n) is 2.10. The van der Waals surface area contributed by atoms with E-state index in [0.29, 0.717) is 0 Å². The fraction of sp³-hybridized carbons (Fsp3) is 0.571. The second-order valence-electron chi connectivity index (χ2n) is 3.53. The Balaban J connectivity index is 3.15. The Morgan fingerprint density at radius 3 is 1.79 bits per heavy atom. The minimum atomic E-state index is 1.10. The lowest BCUT2D eigenvalue weighted by Crippen LogP contribution is -1.69. The summed E-state index contributed by atoms with van der Waals surface area (Å²) < 4.78 is 0. The summed E-state index contributed by atoms with van der Waals surface area (Å²) in [5.74, 6) is 0. The Kier molecular flexibility index (Phi) is 11.5. The third kappa shape index (κ3) is 11.2. The van der Waals surface area contributed by atoms with Crippen molar-refractivity contribution >= 4 is 0 Å². The molecule has 0 spiro atoms. The van der Waals surface area contributed by atoms with Gasteiger partial charge in [0, 0.05) is 0 Å². The van der Waals surface area contributed by atoms with Crippen LogP contribution in [-0.4, -0.2) is 0 Å². The summed E-state index contributed by atoms with van der Waals surface area (Å²) in [6.07, 6.45) is 19.6. The molecular formula is C14H24. The van der Waals surface area contributed by atoms with Gasteiger partial charge < -0.3 is 0 Å². The molecule has 0 saturated carbocycles. The zero-order valence-electron chi connectivity index (χ0n) is 9.54. The van der Waals surface area contributed by atoms with Crippen LogP contribution in [-0.2, 0) is 0 Å². The monoisotopic (exact) mass is 192 g/mol. The highest BCUT2D eigenvalue weighted by Crippen LogP contribution is 2.00. The van der Waals surface area contributed by atoms with Crippen molar-refractivity contribution in [2.75, 3.05) is 0 Å². The molecule has 0 rings (SSSR count). The summed E-state index contributed by atoms with van der Waals surface area (Å²) in [6.45, 7) is 5.92. The van der Waals surface area contributed by atoms with E-state index in [2.05, 4.69) is 37.8 Å². The average molecular weight is 192 g/mol. The topological polar surface area (TPSA) is 0 Å². The van der Waals surface area contributed by atoms with Gasteiger partial charge in [0.25, 0.3) is 0 Å². The molecule has 0 saturated heterocycles. The molecule has 0 nitrogen and oxygen atoms in total. The zero-order chi connectivity index (χ0) is 10.5. The first kappa shape index (κ1) is 13.2. The van der Waals surface area contributed by atoms with E-state index in [0.717, 1.165) is 12.8 Å². The van der Waals surface area contributed by atoms with Crippen LogP contribution in [0.5, 0.6) is 0 Å². The van der Waals surface area contributed by atoms with E-state index >= 15 is 0 Å². The zero-order valence-corrected chi connectivity index (χ0v) is 9.54. The predicted molar refractivity (Wildman–Crippen MR) is 66.5 cm³/mol. The third-order valence-corrected chi connectivity index (χ3v) is 2.10. The second kappa shape index (κ2) is 12.2. The van der Waals surface area contributed by atoms with Crippen LogP contribution in [0, 0.1) is 0 Å². The second-order valence-corrected chi connectivity index (χ2v) is 3.53. The van der Waals surface area contributed by atoms with Gasteiger partial charge in [-0.2, -0.15) is 0 Å². The molecular weight excluding hydrogens is 168 g/mol. The van der Waals surface area contributed by atoms with Gasteiger partial charge in [-0.05, 0) is 32.1 Å². The maximum atomic E-state index is 3.69. The fourth-order valence-electron chi connectivity index (χ4n) is 1.20. The molecule has 0 atom stereocenters. The lowest BCUT2D eigenvalue weighted by molar-refractivity contribution is 0.811. The Bertz CT molecular complexity index is 163. The minimum absolute atomic E-state index is 1.10. The van der Waals surface area contributed by atoms with Crippen molar-refractivity contribution < 1.29 is 0 Å². The lowest BCUT2D eigenvalue weighted by atomic mass is 10.2. The van der Waals surface area contributed by atoms with E-state index in [4.69, 9.17) is 0 Å². The van der Waals surface area contributed by atoms with E-state index in [1.807, 2.05) is 6.08 Å². The van der Waals surface area contributed by atoms with Gasteiger partial charge in [-0.3, -0.25) is 0 Å². The normalized spacial score (nSPS) is 11.5. The van der Waals surface area contributed by atoms with E-state index in [9.17, 15) is 0 Å². The minimum Gasteiger partial charge on any atom is -0.103 e. The highest BCUT2D eigenvalue weighted by Gasteiger charge is 1.79. The Morgan fingerprint density at radius 1 is 0.786 bits per heavy atom. The van der Waals surface area contributed by atoms with Crippen LogP contribution in [0.3, 0.4) is 0 Å². The van der Waals surface area contributed by atoms with Gasteiger partial charge in [0.2, 0.25) is 0 Å². The number of unbranched alkanes of at least 4 members (excludes halogenated alkanes) is 4. The molecule has 0 aliphatic rings. The van der Waals surface area contributed by atoms with Crippen molar-refractivity contribution in [1.29, 1.82) is 0 Å². The van der Waals surface area contributed by atoms with E-state index in [1.54, 1.807) is 0 Å². The molecule has 0 amide bonds. The van der Waals surface area contributed by atoms with Crippen LogP contribution in [0.1, 0.15) is 51.9 Å². The molecule has 80 valence electrons. The molecule has 0 aromatic carbocycles. The van der Waals surface area contributed by atoms with Gasteiger partial charge in [-0.1, -0.05) is 50.1 Å². The van der Waals surface area contributed by atoms with E-state index < -0.39 is 0 Å². The van der Waals surface area contributed by atoms with Gasteiger partial charge in [0.1, 0.15) is 0 Å². The average Bonchev–Trinajstić information content (AvgIpc) is 2.21. The number of hydrogen-bond acceptors (Lipinski definition) is 0. The highest BCUT2D eigenvalue weighted by molar-refractivity contribution is 4.89. The molecule has 0 unspecified atom stereocenters. The molecule has 0 radical (unpaired) electrons. The smallest absolute Gasteiger partial charge is 0.0316 e. The maximum absolute atomic E-state index is 3.69. The van der Waals surface area contributed by atoms with Crippen molar-refractivity contribution in [3.05, 3.63) is 37.0 Å².